The highest BCUT2D eigenvalue weighted by atomic mass is 19.4. The number of pyridine rings is 1. The number of alkyl halides is 3. The Labute approximate surface area is 111 Å². The molecule has 20 heavy (non-hydrogen) atoms. The average Bonchev–Trinajstić information content (AvgIpc) is 2.40. The first-order valence-electron chi connectivity index (χ1n) is 5.40. The molecule has 1 aromatic carbocycles. The van der Waals surface area contributed by atoms with Gasteiger partial charge in [-0.3, -0.25) is 0 Å². The number of hydrogen-bond donors (Lipinski definition) is 1. The fraction of sp³-hybridized carbons (Fsp3) is 0.0769. The van der Waals surface area contributed by atoms with Crippen LogP contribution in [0, 0.1) is 17.1 Å². The van der Waals surface area contributed by atoms with Gasteiger partial charge < -0.3 is 5.32 Å². The Hall–Kier alpha value is -2.62. The molecule has 2 rings (SSSR count). The molecular formula is C13H7F4N3. The quantitative estimate of drug-likeness (QED) is 0.850. The van der Waals surface area contributed by atoms with E-state index in [0.29, 0.717) is 18.2 Å². The molecule has 0 amide bonds. The van der Waals surface area contributed by atoms with Crippen molar-refractivity contribution in [1.29, 1.82) is 5.26 Å². The van der Waals surface area contributed by atoms with Gasteiger partial charge in [0, 0.05) is 6.20 Å². The summed E-state index contributed by atoms with van der Waals surface area (Å²) >= 11 is 0. The van der Waals surface area contributed by atoms with Crippen LogP contribution in [-0.4, -0.2) is 4.98 Å². The molecule has 0 unspecified atom stereocenters. The topological polar surface area (TPSA) is 48.7 Å². The van der Waals surface area contributed by atoms with E-state index in [1.54, 1.807) is 0 Å². The van der Waals surface area contributed by atoms with Gasteiger partial charge in [0.05, 0.1) is 16.8 Å². The maximum Gasteiger partial charge on any atom is 0.416 e. The SMILES string of the molecule is N#Cc1cccnc1Nc1cc(C(F)(F)F)ccc1F. The molecule has 0 radical (unpaired) electrons. The zero-order chi connectivity index (χ0) is 14.8. The molecule has 1 heterocycles. The molecular weight excluding hydrogens is 274 g/mol. The normalized spacial score (nSPS) is 10.9. The molecule has 0 saturated carbocycles. The van der Waals surface area contributed by atoms with E-state index in [1.807, 2.05) is 6.07 Å². The molecule has 0 bridgehead atoms. The summed E-state index contributed by atoms with van der Waals surface area (Å²) in [4.78, 5) is 3.80. The fourth-order valence-electron chi connectivity index (χ4n) is 1.52. The maximum absolute atomic E-state index is 13.5. The number of aromatic nitrogens is 1. The summed E-state index contributed by atoms with van der Waals surface area (Å²) in [6.07, 6.45) is -3.24. The highest BCUT2D eigenvalue weighted by Gasteiger charge is 2.31. The van der Waals surface area contributed by atoms with Crippen LogP contribution in [0.2, 0.25) is 0 Å². The third-order valence-electron chi connectivity index (χ3n) is 2.47. The minimum Gasteiger partial charge on any atom is -0.337 e. The van der Waals surface area contributed by atoms with Gasteiger partial charge in [-0.2, -0.15) is 18.4 Å². The summed E-state index contributed by atoms with van der Waals surface area (Å²) in [5.41, 5.74) is -1.28. The zero-order valence-corrected chi connectivity index (χ0v) is 9.87. The van der Waals surface area contributed by atoms with Crippen molar-refractivity contribution in [2.24, 2.45) is 0 Å². The van der Waals surface area contributed by atoms with Gasteiger partial charge >= 0.3 is 6.18 Å². The Morgan fingerprint density at radius 1 is 1.20 bits per heavy atom. The van der Waals surface area contributed by atoms with Gasteiger partial charge in [0.15, 0.2) is 0 Å². The lowest BCUT2D eigenvalue weighted by molar-refractivity contribution is -0.137. The average molecular weight is 281 g/mol. The first-order chi connectivity index (χ1) is 9.41. The van der Waals surface area contributed by atoms with Gasteiger partial charge in [0.2, 0.25) is 0 Å². The molecule has 1 aromatic heterocycles. The number of nitrogens with one attached hydrogen (secondary N) is 1. The van der Waals surface area contributed by atoms with Crippen LogP contribution in [0.3, 0.4) is 0 Å². The van der Waals surface area contributed by atoms with Gasteiger partial charge in [0.25, 0.3) is 0 Å². The van der Waals surface area contributed by atoms with Crippen LogP contribution < -0.4 is 5.32 Å². The van der Waals surface area contributed by atoms with Crippen molar-refractivity contribution < 1.29 is 17.6 Å². The summed E-state index contributed by atoms with van der Waals surface area (Å²) < 4.78 is 51.2. The molecule has 0 spiro atoms. The smallest absolute Gasteiger partial charge is 0.337 e. The van der Waals surface area contributed by atoms with Crippen molar-refractivity contribution in [3.8, 4) is 6.07 Å². The van der Waals surface area contributed by atoms with Gasteiger partial charge in [-0.05, 0) is 30.3 Å². The number of benzene rings is 1. The van der Waals surface area contributed by atoms with Crippen LogP contribution in [-0.2, 0) is 6.18 Å². The van der Waals surface area contributed by atoms with Gasteiger partial charge in [-0.1, -0.05) is 0 Å². The van der Waals surface area contributed by atoms with Crippen LogP contribution in [0.1, 0.15) is 11.1 Å². The van der Waals surface area contributed by atoms with Crippen molar-refractivity contribution in [1.82, 2.24) is 4.98 Å². The molecule has 3 nitrogen and oxygen atoms in total. The predicted octanol–water partition coefficient (Wildman–Crippen LogP) is 3.85. The second-order valence-electron chi connectivity index (χ2n) is 3.83. The number of rotatable bonds is 2. The Morgan fingerprint density at radius 2 is 1.95 bits per heavy atom. The van der Waals surface area contributed by atoms with Gasteiger partial charge in [-0.25, -0.2) is 9.37 Å². The van der Waals surface area contributed by atoms with E-state index in [0.717, 1.165) is 0 Å². The summed E-state index contributed by atoms with van der Waals surface area (Å²) in [5.74, 6) is -0.874. The van der Waals surface area contributed by atoms with E-state index < -0.39 is 23.2 Å². The monoisotopic (exact) mass is 281 g/mol. The van der Waals surface area contributed by atoms with Gasteiger partial charge in [-0.15, -0.1) is 0 Å². The molecule has 0 aliphatic heterocycles. The first kappa shape index (κ1) is 13.8. The first-order valence-corrected chi connectivity index (χ1v) is 5.40. The summed E-state index contributed by atoms with van der Waals surface area (Å²) in [6, 6.07) is 6.70. The Morgan fingerprint density at radius 3 is 2.60 bits per heavy atom. The van der Waals surface area contributed by atoms with Crippen molar-refractivity contribution >= 4 is 11.5 Å². The lowest BCUT2D eigenvalue weighted by Gasteiger charge is -2.11. The van der Waals surface area contributed by atoms with E-state index in [1.165, 1.54) is 18.3 Å². The van der Waals surface area contributed by atoms with E-state index in [2.05, 4.69) is 10.3 Å². The molecule has 0 atom stereocenters. The lowest BCUT2D eigenvalue weighted by atomic mass is 10.1. The van der Waals surface area contributed by atoms with E-state index in [-0.39, 0.29) is 11.4 Å². The molecule has 0 aliphatic carbocycles. The highest BCUT2D eigenvalue weighted by Crippen LogP contribution is 2.32. The number of hydrogen-bond acceptors (Lipinski definition) is 3. The largest absolute Gasteiger partial charge is 0.416 e. The Balaban J connectivity index is 2.41. The van der Waals surface area contributed by atoms with Crippen LogP contribution in [0.4, 0.5) is 29.1 Å². The van der Waals surface area contributed by atoms with E-state index in [4.69, 9.17) is 5.26 Å². The second kappa shape index (κ2) is 5.17. The lowest BCUT2D eigenvalue weighted by Crippen LogP contribution is -2.07. The molecule has 0 fully saturated rings. The number of nitrogens with zero attached hydrogens (tertiary/aromatic N) is 2. The maximum atomic E-state index is 13.5. The molecule has 2 aromatic rings. The zero-order valence-electron chi connectivity index (χ0n) is 9.87. The molecule has 7 heteroatoms. The Kier molecular flexibility index (Phi) is 3.57. The highest BCUT2D eigenvalue weighted by molar-refractivity contribution is 5.63. The van der Waals surface area contributed by atoms with Crippen LogP contribution in [0.15, 0.2) is 36.5 Å². The van der Waals surface area contributed by atoms with Crippen LogP contribution >= 0.6 is 0 Å². The van der Waals surface area contributed by atoms with Crippen molar-refractivity contribution in [2.45, 2.75) is 6.18 Å². The summed E-state index contributed by atoms with van der Waals surface area (Å²) in [5, 5.41) is 11.2. The minimum absolute atomic E-state index is 0.00627. The standard InChI is InChI=1S/C13H7F4N3/c14-10-4-3-9(13(15,16)17)6-11(10)20-12-8(7-18)2-1-5-19-12/h1-6H,(H,19,20). The van der Waals surface area contributed by atoms with Crippen molar-refractivity contribution in [3.05, 3.63) is 53.5 Å². The molecule has 0 aliphatic rings. The van der Waals surface area contributed by atoms with E-state index >= 15 is 0 Å². The molecule has 1 N–H and O–H groups in total. The molecule has 102 valence electrons. The predicted molar refractivity (Wildman–Crippen MR) is 63.6 cm³/mol. The van der Waals surface area contributed by atoms with Crippen molar-refractivity contribution in [3.63, 3.8) is 0 Å². The Bertz CT molecular complexity index is 674. The number of anilines is 2. The van der Waals surface area contributed by atoms with Crippen molar-refractivity contribution in [2.75, 3.05) is 5.32 Å². The fourth-order valence-corrected chi connectivity index (χ4v) is 1.52. The van der Waals surface area contributed by atoms with Crippen LogP contribution in [0.5, 0.6) is 0 Å². The van der Waals surface area contributed by atoms with Crippen LogP contribution in [0.25, 0.3) is 0 Å². The third kappa shape index (κ3) is 2.85. The number of halogens is 4. The minimum atomic E-state index is -4.58. The molecule has 0 saturated heterocycles. The second-order valence-corrected chi connectivity index (χ2v) is 3.83. The van der Waals surface area contributed by atoms with E-state index in [9.17, 15) is 17.6 Å². The third-order valence-corrected chi connectivity index (χ3v) is 2.47. The van der Waals surface area contributed by atoms with Gasteiger partial charge in [0.1, 0.15) is 17.7 Å². The summed E-state index contributed by atoms with van der Waals surface area (Å²) in [7, 11) is 0. The number of nitriles is 1. The summed E-state index contributed by atoms with van der Waals surface area (Å²) in [6.45, 7) is 0.